The smallest absolute Gasteiger partial charge is 0.314 e. The number of rotatable bonds is 39. The molecule has 0 unspecified atom stereocenters. The number of ketones is 8. The SMILES string of the molecule is CC[C@H](C)[C@H](N)C(=O)[C@H](CC(=O)[C@H](CC(=O)CCCCCCCCCCC(=O)C[C@@H](C(=O)C[C@H](C(=O)O)C(=O)[C@@H](N)[C@@H](C)CC)C(=O)[C@@H](N)[C@@H](C)CC)C(=O)[C@@H](N)[C@@H](C)CC)C(=O)O. The highest BCUT2D eigenvalue weighted by Gasteiger charge is 2.41. The largest absolute Gasteiger partial charge is 0.481 e. The molecule has 64 heavy (non-hydrogen) atoms. The van der Waals surface area contributed by atoms with Gasteiger partial charge in [0.15, 0.2) is 23.1 Å². The van der Waals surface area contributed by atoms with Crippen LogP contribution in [0.1, 0.15) is 171 Å². The van der Waals surface area contributed by atoms with Crippen molar-refractivity contribution < 1.29 is 58.2 Å². The molecular weight excluding hydrogens is 825 g/mol. The Morgan fingerprint density at radius 2 is 0.578 bits per heavy atom. The predicted molar refractivity (Wildman–Crippen MR) is 244 cm³/mol. The molecule has 0 fully saturated rings. The van der Waals surface area contributed by atoms with Crippen LogP contribution in [0.2, 0.25) is 0 Å². The number of hydrogen-bond acceptors (Lipinski definition) is 14. The number of carbonyl (C=O) groups excluding carboxylic acids is 8. The highest BCUT2D eigenvalue weighted by molar-refractivity contribution is 6.12. The van der Waals surface area contributed by atoms with E-state index in [2.05, 4.69) is 0 Å². The van der Waals surface area contributed by atoms with Gasteiger partial charge in [-0.15, -0.1) is 0 Å². The molecule has 0 aromatic carbocycles. The third-order valence-electron chi connectivity index (χ3n) is 13.4. The lowest BCUT2D eigenvalue weighted by atomic mass is 9.79. The first kappa shape index (κ1) is 60.1. The summed E-state index contributed by atoms with van der Waals surface area (Å²) in [6.45, 7) is 14.2. The zero-order valence-corrected chi connectivity index (χ0v) is 39.9. The van der Waals surface area contributed by atoms with Crippen LogP contribution in [0.5, 0.6) is 0 Å². The molecule has 12 atom stereocenters. The fraction of sp³-hybridized carbons (Fsp3) is 0.792. The molecule has 16 nitrogen and oxygen atoms in total. The van der Waals surface area contributed by atoms with Crippen LogP contribution in [-0.2, 0) is 47.9 Å². The van der Waals surface area contributed by atoms with Crippen LogP contribution < -0.4 is 22.9 Å². The summed E-state index contributed by atoms with van der Waals surface area (Å²) in [5.41, 5.74) is 24.4. The zero-order valence-electron chi connectivity index (χ0n) is 39.9. The zero-order chi connectivity index (χ0) is 49.4. The predicted octanol–water partition coefficient (Wildman–Crippen LogP) is 5.13. The van der Waals surface area contributed by atoms with Gasteiger partial charge in [-0.2, -0.15) is 0 Å². The second kappa shape index (κ2) is 31.1. The number of unbranched alkanes of at least 4 members (excludes halogenated alkanes) is 7. The van der Waals surface area contributed by atoms with E-state index in [1.54, 1.807) is 41.5 Å². The lowest BCUT2D eigenvalue weighted by Gasteiger charge is -2.24. The second-order valence-corrected chi connectivity index (χ2v) is 18.3. The fourth-order valence-corrected chi connectivity index (χ4v) is 7.48. The van der Waals surface area contributed by atoms with Gasteiger partial charge in [-0.05, 0) is 36.5 Å². The van der Waals surface area contributed by atoms with Gasteiger partial charge in [-0.1, -0.05) is 120 Å². The average molecular weight is 907 g/mol. The van der Waals surface area contributed by atoms with Crippen LogP contribution >= 0.6 is 0 Å². The summed E-state index contributed by atoms with van der Waals surface area (Å²) < 4.78 is 0. The molecule has 0 spiro atoms. The number of carbonyl (C=O) groups is 10. The standard InChI is InChI=1S/C48H82N4O12/c1-9-27(5)39(49)43(57)33(37(55)25-35(47(61)62)45(59)41(51)29(7)11-3)23-31(53)21-19-17-15-13-14-16-18-20-22-32(54)24-34(44(58)40(50)28(6)10-2)38(56)26-36(48(63)64)46(60)42(52)30(8)12-4/h27-30,33-36,39-42H,9-26,49-52H2,1-8H3,(H,61,62)(H,63,64)/t27-,28-,29-,30-,33-,34-,35-,36-,39-,40-,41-,42-/m0/s1. The lowest BCUT2D eigenvalue weighted by molar-refractivity contribution is -0.151. The first-order valence-corrected chi connectivity index (χ1v) is 23.6. The number of carboxylic acid groups (broad SMARTS) is 2. The summed E-state index contributed by atoms with van der Waals surface area (Å²) in [4.78, 5) is 130. The van der Waals surface area contributed by atoms with Crippen LogP contribution in [0.4, 0.5) is 0 Å². The van der Waals surface area contributed by atoms with E-state index in [4.69, 9.17) is 22.9 Å². The molecule has 0 aliphatic heterocycles. The van der Waals surface area contributed by atoms with Gasteiger partial charge < -0.3 is 33.1 Å². The van der Waals surface area contributed by atoms with E-state index >= 15 is 0 Å². The molecule has 0 aliphatic rings. The quantitative estimate of drug-likeness (QED) is 0.0344. The summed E-state index contributed by atoms with van der Waals surface area (Å²) >= 11 is 0. The van der Waals surface area contributed by atoms with Crippen LogP contribution in [-0.4, -0.2) is 92.6 Å². The van der Waals surface area contributed by atoms with E-state index in [0.29, 0.717) is 51.4 Å². The Morgan fingerprint density at radius 1 is 0.359 bits per heavy atom. The summed E-state index contributed by atoms with van der Waals surface area (Å²) in [7, 11) is 0. The van der Waals surface area contributed by atoms with Crippen molar-refractivity contribution in [1.29, 1.82) is 0 Å². The van der Waals surface area contributed by atoms with Crippen molar-refractivity contribution in [1.82, 2.24) is 0 Å². The monoisotopic (exact) mass is 907 g/mol. The Kier molecular flexibility index (Phi) is 29.2. The van der Waals surface area contributed by atoms with Crippen molar-refractivity contribution in [3.8, 4) is 0 Å². The molecule has 0 aromatic rings. The molecular formula is C48H82N4O12. The summed E-state index contributed by atoms with van der Waals surface area (Å²) in [5, 5.41) is 19.6. The third kappa shape index (κ3) is 20.1. The first-order chi connectivity index (χ1) is 29.9. The number of carboxylic acids is 2. The van der Waals surface area contributed by atoms with Gasteiger partial charge >= 0.3 is 11.9 Å². The molecule has 0 saturated carbocycles. The number of nitrogens with two attached hydrogens (primary N) is 4. The van der Waals surface area contributed by atoms with E-state index in [0.717, 1.165) is 25.7 Å². The molecule has 0 saturated heterocycles. The molecule has 0 amide bonds. The Labute approximate surface area is 380 Å². The van der Waals surface area contributed by atoms with Gasteiger partial charge in [0.05, 0.1) is 36.0 Å². The number of aliphatic carboxylic acids is 2. The van der Waals surface area contributed by atoms with Gasteiger partial charge in [0.25, 0.3) is 0 Å². The minimum atomic E-state index is -1.75. The Hall–Kier alpha value is -3.86. The van der Waals surface area contributed by atoms with E-state index in [-0.39, 0.29) is 48.1 Å². The van der Waals surface area contributed by atoms with Crippen molar-refractivity contribution >= 4 is 58.2 Å². The molecule has 366 valence electrons. The first-order valence-electron chi connectivity index (χ1n) is 23.6. The van der Waals surface area contributed by atoms with E-state index in [1.165, 1.54) is 0 Å². The maximum Gasteiger partial charge on any atom is 0.314 e. The minimum absolute atomic E-state index is 0.102. The van der Waals surface area contributed by atoms with Crippen LogP contribution in [0.25, 0.3) is 0 Å². The van der Waals surface area contributed by atoms with Crippen molar-refractivity contribution in [2.45, 2.75) is 195 Å². The highest BCUT2D eigenvalue weighted by atomic mass is 16.4. The van der Waals surface area contributed by atoms with E-state index < -0.39 is 120 Å². The van der Waals surface area contributed by atoms with Crippen molar-refractivity contribution in [2.24, 2.45) is 70.3 Å². The molecule has 10 N–H and O–H groups in total. The van der Waals surface area contributed by atoms with Gasteiger partial charge in [-0.25, -0.2) is 0 Å². The van der Waals surface area contributed by atoms with Crippen LogP contribution in [0, 0.1) is 47.3 Å². The Morgan fingerprint density at radius 3 is 0.797 bits per heavy atom. The normalized spacial score (nSPS) is 17.2. The van der Waals surface area contributed by atoms with E-state index in [9.17, 15) is 58.2 Å². The second-order valence-electron chi connectivity index (χ2n) is 18.3. The van der Waals surface area contributed by atoms with Gasteiger partial charge in [-0.3, -0.25) is 47.9 Å². The molecule has 0 radical (unpaired) electrons. The fourth-order valence-electron chi connectivity index (χ4n) is 7.48. The topological polar surface area (TPSA) is 315 Å². The Bertz CT molecular complexity index is 1470. The van der Waals surface area contributed by atoms with Crippen molar-refractivity contribution in [2.75, 3.05) is 0 Å². The molecule has 0 aromatic heterocycles. The maximum atomic E-state index is 13.5. The highest BCUT2D eigenvalue weighted by Crippen LogP contribution is 2.25. The average Bonchev–Trinajstić information content (AvgIpc) is 3.27. The minimum Gasteiger partial charge on any atom is -0.481 e. The van der Waals surface area contributed by atoms with Gasteiger partial charge in [0.2, 0.25) is 0 Å². The van der Waals surface area contributed by atoms with E-state index in [1.807, 2.05) is 13.8 Å². The maximum absolute atomic E-state index is 13.5. The molecule has 0 aliphatic carbocycles. The van der Waals surface area contributed by atoms with Gasteiger partial charge in [0, 0.05) is 38.5 Å². The molecule has 16 heteroatoms. The molecule has 0 bridgehead atoms. The summed E-state index contributed by atoms with van der Waals surface area (Å²) in [6.07, 6.45) is 5.64. The summed E-state index contributed by atoms with van der Waals surface area (Å²) in [5.74, 6) is -15.9. The Balaban J connectivity index is 5.26. The van der Waals surface area contributed by atoms with Crippen molar-refractivity contribution in [3.63, 3.8) is 0 Å². The number of Topliss-reactive ketones (excluding diaryl/α,β-unsaturated/α-hetero) is 8. The summed E-state index contributed by atoms with van der Waals surface area (Å²) in [6, 6.07) is -4.30. The molecule has 0 rings (SSSR count). The van der Waals surface area contributed by atoms with Crippen LogP contribution in [0.15, 0.2) is 0 Å². The third-order valence-corrected chi connectivity index (χ3v) is 13.4. The van der Waals surface area contributed by atoms with Gasteiger partial charge in [0.1, 0.15) is 35.0 Å². The van der Waals surface area contributed by atoms with Crippen LogP contribution in [0.3, 0.4) is 0 Å². The molecule has 0 heterocycles. The number of hydrogen-bond donors (Lipinski definition) is 6. The van der Waals surface area contributed by atoms with Crippen molar-refractivity contribution in [3.05, 3.63) is 0 Å². The lowest BCUT2D eigenvalue weighted by Crippen LogP contribution is -2.46.